The summed E-state index contributed by atoms with van der Waals surface area (Å²) < 4.78 is 0.677. The van der Waals surface area contributed by atoms with E-state index in [1.54, 1.807) is 25.1 Å². The predicted octanol–water partition coefficient (Wildman–Crippen LogP) is 3.63. The first-order valence-electron chi connectivity index (χ1n) is 6.17. The molecule has 1 rings (SSSR count). The highest BCUT2D eigenvalue weighted by molar-refractivity contribution is 9.10. The van der Waals surface area contributed by atoms with Crippen molar-refractivity contribution in [3.05, 3.63) is 33.3 Å². The zero-order valence-electron chi connectivity index (χ0n) is 11.3. The third-order valence-electron chi connectivity index (χ3n) is 2.66. The Morgan fingerprint density at radius 1 is 1.53 bits per heavy atom. The summed E-state index contributed by atoms with van der Waals surface area (Å²) >= 11 is 9.15. The number of carbonyl (C=O) groups excluding carboxylic acids is 1. The van der Waals surface area contributed by atoms with Crippen molar-refractivity contribution in [2.24, 2.45) is 5.92 Å². The molecule has 3 nitrogen and oxygen atoms in total. The number of rotatable bonds is 5. The monoisotopic (exact) mass is 347 g/mol. The van der Waals surface area contributed by atoms with E-state index >= 15 is 0 Å². The summed E-state index contributed by atoms with van der Waals surface area (Å²) in [6.45, 7) is 6.02. The van der Waals surface area contributed by atoms with Crippen LogP contribution in [-0.2, 0) is 0 Å². The molecule has 0 saturated heterocycles. The summed E-state index contributed by atoms with van der Waals surface area (Å²) in [6.07, 6.45) is 0.637. The largest absolute Gasteiger partial charge is 0.388 e. The van der Waals surface area contributed by atoms with E-state index in [0.717, 1.165) is 0 Å². The van der Waals surface area contributed by atoms with Crippen molar-refractivity contribution >= 4 is 33.4 Å². The van der Waals surface area contributed by atoms with Gasteiger partial charge in [-0.15, -0.1) is 0 Å². The first kappa shape index (κ1) is 16.5. The van der Waals surface area contributed by atoms with Crippen molar-refractivity contribution in [2.45, 2.75) is 32.8 Å². The molecule has 0 aromatic heterocycles. The van der Waals surface area contributed by atoms with Gasteiger partial charge in [-0.05, 0) is 53.4 Å². The number of halogens is 2. The van der Waals surface area contributed by atoms with Gasteiger partial charge < -0.3 is 10.4 Å². The van der Waals surface area contributed by atoms with Crippen molar-refractivity contribution in [2.75, 3.05) is 6.54 Å². The van der Waals surface area contributed by atoms with Crippen LogP contribution >= 0.6 is 27.5 Å². The number of carbonyl (C=O) groups is 1. The normalized spacial score (nSPS) is 14.3. The predicted molar refractivity (Wildman–Crippen MR) is 81.6 cm³/mol. The molecule has 0 aliphatic heterocycles. The minimum Gasteiger partial charge on any atom is -0.388 e. The van der Waals surface area contributed by atoms with Gasteiger partial charge in [0.15, 0.2) is 0 Å². The number of benzene rings is 1. The smallest absolute Gasteiger partial charge is 0.251 e. The lowest BCUT2D eigenvalue weighted by atomic mass is 9.94. The Balaban J connectivity index is 2.62. The summed E-state index contributed by atoms with van der Waals surface area (Å²) in [5.74, 6) is 0.151. The van der Waals surface area contributed by atoms with Crippen LogP contribution in [0.15, 0.2) is 22.7 Å². The van der Waals surface area contributed by atoms with Crippen LogP contribution in [0.25, 0.3) is 0 Å². The topological polar surface area (TPSA) is 49.3 Å². The molecule has 0 heterocycles. The molecule has 0 spiro atoms. The van der Waals surface area contributed by atoms with Gasteiger partial charge in [-0.25, -0.2) is 0 Å². The molecular weight excluding hydrogens is 330 g/mol. The molecule has 106 valence electrons. The Kier molecular flexibility index (Phi) is 5.83. The molecule has 0 bridgehead atoms. The van der Waals surface area contributed by atoms with Gasteiger partial charge in [0.25, 0.3) is 5.91 Å². The molecule has 1 aromatic rings. The number of amides is 1. The summed E-state index contributed by atoms with van der Waals surface area (Å²) in [5, 5.41) is 13.4. The standard InChI is InChI=1S/C14H19BrClNO2/c1-9(2)7-14(3,19)8-17-13(18)10-4-5-12(16)11(15)6-10/h4-6,9,19H,7-8H2,1-3H3,(H,17,18). The van der Waals surface area contributed by atoms with Crippen molar-refractivity contribution in [1.29, 1.82) is 0 Å². The van der Waals surface area contributed by atoms with Crippen LogP contribution in [0.5, 0.6) is 0 Å². The van der Waals surface area contributed by atoms with Crippen LogP contribution in [0.2, 0.25) is 5.02 Å². The van der Waals surface area contributed by atoms with Gasteiger partial charge in [0, 0.05) is 16.6 Å². The van der Waals surface area contributed by atoms with Crippen LogP contribution < -0.4 is 5.32 Å². The summed E-state index contributed by atoms with van der Waals surface area (Å²) in [7, 11) is 0. The molecule has 1 atom stereocenters. The average Bonchev–Trinajstić information content (AvgIpc) is 2.28. The summed E-state index contributed by atoms with van der Waals surface area (Å²) in [6, 6.07) is 4.97. The third-order valence-corrected chi connectivity index (χ3v) is 3.87. The van der Waals surface area contributed by atoms with Crippen LogP contribution in [0.4, 0.5) is 0 Å². The lowest BCUT2D eigenvalue weighted by Crippen LogP contribution is -2.41. The van der Waals surface area contributed by atoms with Crippen molar-refractivity contribution < 1.29 is 9.90 Å². The Bertz CT molecular complexity index is 461. The summed E-state index contributed by atoms with van der Waals surface area (Å²) in [5.41, 5.74) is -0.385. The molecule has 0 aliphatic carbocycles. The second-order valence-electron chi connectivity index (χ2n) is 5.41. The maximum absolute atomic E-state index is 12.0. The van der Waals surface area contributed by atoms with Crippen molar-refractivity contribution in [3.8, 4) is 0 Å². The fourth-order valence-corrected chi connectivity index (χ4v) is 2.46. The van der Waals surface area contributed by atoms with Gasteiger partial charge in [0.1, 0.15) is 0 Å². The van der Waals surface area contributed by atoms with Crippen LogP contribution in [-0.4, -0.2) is 23.2 Å². The maximum atomic E-state index is 12.0. The summed E-state index contributed by atoms with van der Waals surface area (Å²) in [4.78, 5) is 12.0. The number of nitrogens with one attached hydrogen (secondary N) is 1. The quantitative estimate of drug-likeness (QED) is 0.853. The fourth-order valence-electron chi connectivity index (χ4n) is 1.96. The Morgan fingerprint density at radius 2 is 2.16 bits per heavy atom. The Hall–Kier alpha value is -0.580. The molecule has 0 radical (unpaired) electrons. The molecule has 0 fully saturated rings. The molecule has 0 aliphatic rings. The first-order chi connectivity index (χ1) is 8.71. The molecule has 2 N–H and O–H groups in total. The van der Waals surface area contributed by atoms with Gasteiger partial charge >= 0.3 is 0 Å². The third kappa shape index (κ3) is 5.51. The van der Waals surface area contributed by atoms with E-state index in [-0.39, 0.29) is 12.5 Å². The highest BCUT2D eigenvalue weighted by Gasteiger charge is 2.22. The van der Waals surface area contributed by atoms with E-state index in [2.05, 4.69) is 21.2 Å². The lowest BCUT2D eigenvalue weighted by molar-refractivity contribution is 0.0368. The molecule has 0 saturated carbocycles. The second-order valence-corrected chi connectivity index (χ2v) is 6.67. The van der Waals surface area contributed by atoms with Gasteiger partial charge in [-0.1, -0.05) is 25.4 Å². The van der Waals surface area contributed by atoms with Crippen LogP contribution in [0, 0.1) is 5.92 Å². The zero-order valence-corrected chi connectivity index (χ0v) is 13.7. The van der Waals surface area contributed by atoms with E-state index in [0.29, 0.717) is 27.4 Å². The molecule has 19 heavy (non-hydrogen) atoms. The molecule has 1 aromatic carbocycles. The average molecular weight is 349 g/mol. The molecular formula is C14H19BrClNO2. The first-order valence-corrected chi connectivity index (χ1v) is 7.34. The maximum Gasteiger partial charge on any atom is 0.251 e. The van der Waals surface area contributed by atoms with Crippen LogP contribution in [0.3, 0.4) is 0 Å². The van der Waals surface area contributed by atoms with Gasteiger partial charge in [-0.3, -0.25) is 4.79 Å². The van der Waals surface area contributed by atoms with Crippen LogP contribution in [0.1, 0.15) is 37.6 Å². The lowest BCUT2D eigenvalue weighted by Gasteiger charge is -2.25. The van der Waals surface area contributed by atoms with Crippen molar-refractivity contribution in [1.82, 2.24) is 5.32 Å². The number of aliphatic hydroxyl groups is 1. The van der Waals surface area contributed by atoms with E-state index in [9.17, 15) is 9.90 Å². The fraction of sp³-hybridized carbons (Fsp3) is 0.500. The Morgan fingerprint density at radius 3 is 2.68 bits per heavy atom. The number of hydrogen-bond donors (Lipinski definition) is 2. The van der Waals surface area contributed by atoms with E-state index in [1.807, 2.05) is 13.8 Å². The van der Waals surface area contributed by atoms with E-state index in [4.69, 9.17) is 11.6 Å². The minimum absolute atomic E-state index is 0.221. The van der Waals surface area contributed by atoms with E-state index < -0.39 is 5.60 Å². The molecule has 1 unspecified atom stereocenters. The van der Waals surface area contributed by atoms with Gasteiger partial charge in [0.2, 0.25) is 0 Å². The number of hydrogen-bond acceptors (Lipinski definition) is 2. The van der Waals surface area contributed by atoms with Gasteiger partial charge in [0.05, 0.1) is 10.6 Å². The SMILES string of the molecule is CC(C)CC(C)(O)CNC(=O)c1ccc(Cl)c(Br)c1. The highest BCUT2D eigenvalue weighted by Crippen LogP contribution is 2.23. The highest BCUT2D eigenvalue weighted by atomic mass is 79.9. The second kappa shape index (κ2) is 6.73. The van der Waals surface area contributed by atoms with E-state index in [1.165, 1.54) is 0 Å². The zero-order chi connectivity index (χ0) is 14.6. The minimum atomic E-state index is -0.895. The van der Waals surface area contributed by atoms with Crippen molar-refractivity contribution in [3.63, 3.8) is 0 Å². The Labute approximate surface area is 127 Å². The molecule has 1 amide bonds. The molecule has 5 heteroatoms. The van der Waals surface area contributed by atoms with Gasteiger partial charge in [-0.2, -0.15) is 0 Å².